The number of rotatable bonds is 3. The van der Waals surface area contributed by atoms with Gasteiger partial charge in [0, 0.05) is 23.6 Å². The van der Waals surface area contributed by atoms with Gasteiger partial charge in [-0.2, -0.15) is 5.10 Å². The van der Waals surface area contributed by atoms with Crippen molar-refractivity contribution in [1.82, 2.24) is 5.01 Å². The summed E-state index contributed by atoms with van der Waals surface area (Å²) in [6.45, 7) is 4.70. The molecule has 1 saturated heterocycles. The lowest BCUT2D eigenvalue weighted by molar-refractivity contribution is -0.0424. The van der Waals surface area contributed by atoms with E-state index in [1.807, 2.05) is 18.2 Å². The lowest BCUT2D eigenvalue weighted by Crippen LogP contribution is -2.41. The third-order valence-electron chi connectivity index (χ3n) is 5.26. The summed E-state index contributed by atoms with van der Waals surface area (Å²) in [5.74, 6) is 0.705. The van der Waals surface area contributed by atoms with Crippen LogP contribution in [0.2, 0.25) is 0 Å². The van der Waals surface area contributed by atoms with E-state index >= 15 is 0 Å². The van der Waals surface area contributed by atoms with E-state index in [-0.39, 0.29) is 23.5 Å². The Labute approximate surface area is 159 Å². The van der Waals surface area contributed by atoms with Gasteiger partial charge >= 0.3 is 0 Å². The Hall–Kier alpha value is -2.66. The maximum atomic E-state index is 13.3. The Morgan fingerprint density at radius 1 is 1.15 bits per heavy atom. The van der Waals surface area contributed by atoms with Crippen LogP contribution in [0.15, 0.2) is 59.7 Å². The van der Waals surface area contributed by atoms with Crippen LogP contribution in [0, 0.1) is 5.92 Å². The van der Waals surface area contributed by atoms with Crippen molar-refractivity contribution in [2.45, 2.75) is 31.9 Å². The molecule has 2 aromatic rings. The second-order valence-electron chi connectivity index (χ2n) is 7.68. The van der Waals surface area contributed by atoms with Crippen LogP contribution in [-0.2, 0) is 4.74 Å². The number of amides is 1. The molecule has 0 aliphatic carbocycles. The topological polar surface area (TPSA) is 51.1 Å². The number of ether oxygens (including phenoxy) is 2. The Bertz CT molecular complexity index is 859. The Morgan fingerprint density at radius 3 is 2.52 bits per heavy atom. The summed E-state index contributed by atoms with van der Waals surface area (Å²) in [7, 11) is 1.61. The van der Waals surface area contributed by atoms with Gasteiger partial charge in [0.25, 0.3) is 5.91 Å². The predicted octanol–water partition coefficient (Wildman–Crippen LogP) is 4.06. The quantitative estimate of drug-likeness (QED) is 0.825. The first kappa shape index (κ1) is 17.7. The Balaban J connectivity index is 1.71. The second-order valence-corrected chi connectivity index (χ2v) is 7.68. The van der Waals surface area contributed by atoms with Gasteiger partial charge in [-0.25, -0.2) is 5.01 Å². The normalized spacial score (nSPS) is 23.5. The molecule has 4 rings (SSSR count). The van der Waals surface area contributed by atoms with Gasteiger partial charge < -0.3 is 9.47 Å². The molecule has 2 aliphatic heterocycles. The molecule has 2 atom stereocenters. The number of benzene rings is 2. The smallest absolute Gasteiger partial charge is 0.274 e. The minimum Gasteiger partial charge on any atom is -0.497 e. The predicted molar refractivity (Wildman–Crippen MR) is 104 cm³/mol. The van der Waals surface area contributed by atoms with Crippen molar-refractivity contribution < 1.29 is 14.3 Å². The molecular weight excluding hydrogens is 340 g/mol. The van der Waals surface area contributed by atoms with Gasteiger partial charge in [-0.1, -0.05) is 30.3 Å². The molecule has 0 saturated carbocycles. The first-order valence-corrected chi connectivity index (χ1v) is 9.22. The van der Waals surface area contributed by atoms with Crippen molar-refractivity contribution in [3.8, 4) is 5.75 Å². The number of hydrogen-bond donors (Lipinski definition) is 0. The van der Waals surface area contributed by atoms with Crippen molar-refractivity contribution >= 4 is 11.6 Å². The highest BCUT2D eigenvalue weighted by atomic mass is 16.5. The molecule has 1 fully saturated rings. The number of carbonyl (C=O) groups excluding carboxylic acids is 1. The second kappa shape index (κ2) is 6.82. The van der Waals surface area contributed by atoms with Gasteiger partial charge in [-0.05, 0) is 43.7 Å². The summed E-state index contributed by atoms with van der Waals surface area (Å²) in [5.41, 5.74) is 2.46. The number of hydrazone groups is 1. The summed E-state index contributed by atoms with van der Waals surface area (Å²) in [6, 6.07) is 17.1. The van der Waals surface area contributed by atoms with Crippen LogP contribution >= 0.6 is 0 Å². The van der Waals surface area contributed by atoms with E-state index in [9.17, 15) is 4.79 Å². The zero-order valence-corrected chi connectivity index (χ0v) is 15.9. The zero-order chi connectivity index (χ0) is 19.0. The van der Waals surface area contributed by atoms with E-state index in [1.165, 1.54) is 0 Å². The fraction of sp³-hybridized carbons (Fsp3) is 0.364. The fourth-order valence-electron chi connectivity index (χ4n) is 3.85. The van der Waals surface area contributed by atoms with Gasteiger partial charge in [-0.3, -0.25) is 4.79 Å². The molecule has 5 heteroatoms. The Morgan fingerprint density at radius 2 is 1.85 bits per heavy atom. The van der Waals surface area contributed by atoms with Gasteiger partial charge in [-0.15, -0.1) is 0 Å². The molecule has 0 bridgehead atoms. The van der Waals surface area contributed by atoms with Gasteiger partial charge in [0.15, 0.2) is 0 Å². The highest BCUT2D eigenvalue weighted by molar-refractivity contribution is 5.99. The van der Waals surface area contributed by atoms with Crippen LogP contribution in [-0.4, -0.2) is 35.9 Å². The first-order valence-electron chi connectivity index (χ1n) is 9.22. The summed E-state index contributed by atoms with van der Waals surface area (Å²) in [4.78, 5) is 13.3. The van der Waals surface area contributed by atoms with Crippen LogP contribution < -0.4 is 4.74 Å². The minimum atomic E-state index is -0.254. The van der Waals surface area contributed by atoms with Crippen molar-refractivity contribution in [2.75, 3.05) is 13.7 Å². The molecule has 27 heavy (non-hydrogen) atoms. The van der Waals surface area contributed by atoms with E-state index in [2.05, 4.69) is 26.0 Å². The average molecular weight is 364 g/mol. The summed E-state index contributed by atoms with van der Waals surface area (Å²) >= 11 is 0. The van der Waals surface area contributed by atoms with Crippen molar-refractivity contribution in [3.05, 3.63) is 65.7 Å². The number of nitrogens with zero attached hydrogens (tertiary/aromatic N) is 2. The van der Waals surface area contributed by atoms with Crippen LogP contribution in [0.25, 0.3) is 0 Å². The summed E-state index contributed by atoms with van der Waals surface area (Å²) < 4.78 is 11.3. The van der Waals surface area contributed by atoms with Crippen molar-refractivity contribution in [1.29, 1.82) is 0 Å². The molecule has 0 unspecified atom stereocenters. The third kappa shape index (κ3) is 3.35. The van der Waals surface area contributed by atoms with E-state index in [4.69, 9.17) is 14.6 Å². The molecule has 1 amide bonds. The third-order valence-corrected chi connectivity index (χ3v) is 5.26. The SMILES string of the molecule is COc1ccc(C(=O)N2N=C3CC(C)(C)OC[C@H]3[C@H]2c2ccccc2)cc1. The number of fused-ring (bicyclic) bond motifs is 1. The Kier molecular flexibility index (Phi) is 4.48. The largest absolute Gasteiger partial charge is 0.497 e. The molecular formula is C22H24N2O3. The van der Waals surface area contributed by atoms with Crippen LogP contribution in [0.4, 0.5) is 0 Å². The lowest BCUT2D eigenvalue weighted by atomic mass is 9.83. The van der Waals surface area contributed by atoms with Gasteiger partial charge in [0.05, 0.1) is 25.4 Å². The summed E-state index contributed by atoms with van der Waals surface area (Å²) in [6.07, 6.45) is 0.730. The maximum absolute atomic E-state index is 13.3. The van der Waals surface area contributed by atoms with Crippen molar-refractivity contribution in [3.63, 3.8) is 0 Å². The first-order chi connectivity index (χ1) is 13.0. The van der Waals surface area contributed by atoms with Gasteiger partial charge in [0.2, 0.25) is 0 Å². The highest BCUT2D eigenvalue weighted by Gasteiger charge is 2.46. The molecule has 5 nitrogen and oxygen atoms in total. The minimum absolute atomic E-state index is 0.0858. The molecule has 140 valence electrons. The molecule has 2 aromatic carbocycles. The number of hydrogen-bond acceptors (Lipinski definition) is 4. The molecule has 0 radical (unpaired) electrons. The molecule has 0 N–H and O–H groups in total. The number of carbonyl (C=O) groups is 1. The van der Waals surface area contributed by atoms with E-state index < -0.39 is 0 Å². The summed E-state index contributed by atoms with van der Waals surface area (Å²) in [5, 5.41) is 6.41. The standard InChI is InChI=1S/C22H24N2O3/c1-22(2)13-19-18(14-27-22)20(15-7-5-4-6-8-15)24(23-19)21(25)16-9-11-17(26-3)12-10-16/h4-12,18,20H,13-14H2,1-3H3/t18-,20-/m1/s1. The van der Waals surface area contributed by atoms with Crippen LogP contribution in [0.3, 0.4) is 0 Å². The van der Waals surface area contributed by atoms with Gasteiger partial charge in [0.1, 0.15) is 5.75 Å². The van der Waals surface area contributed by atoms with E-state index in [0.717, 1.165) is 23.4 Å². The van der Waals surface area contributed by atoms with Crippen LogP contribution in [0.5, 0.6) is 5.75 Å². The fourth-order valence-corrected chi connectivity index (χ4v) is 3.85. The zero-order valence-electron chi connectivity index (χ0n) is 15.9. The molecule has 0 aromatic heterocycles. The van der Waals surface area contributed by atoms with E-state index in [1.54, 1.807) is 36.4 Å². The molecule has 2 aliphatic rings. The van der Waals surface area contributed by atoms with E-state index in [0.29, 0.717) is 12.2 Å². The monoisotopic (exact) mass is 364 g/mol. The number of methoxy groups -OCH3 is 1. The average Bonchev–Trinajstić information content (AvgIpc) is 3.05. The lowest BCUT2D eigenvalue weighted by Gasteiger charge is -2.36. The molecule has 2 heterocycles. The molecule has 0 spiro atoms. The maximum Gasteiger partial charge on any atom is 0.274 e. The highest BCUT2D eigenvalue weighted by Crippen LogP contribution is 2.42. The van der Waals surface area contributed by atoms with Crippen molar-refractivity contribution in [2.24, 2.45) is 11.0 Å². The van der Waals surface area contributed by atoms with Crippen LogP contribution in [0.1, 0.15) is 42.2 Å².